The molecular weight excluding hydrogens is 214 g/mol. The minimum Gasteiger partial charge on any atom is -0.378 e. The van der Waals surface area contributed by atoms with Crippen LogP contribution in [0.4, 0.5) is 5.82 Å². The van der Waals surface area contributed by atoms with E-state index < -0.39 is 0 Å². The van der Waals surface area contributed by atoms with Gasteiger partial charge in [-0.2, -0.15) is 0 Å². The smallest absolute Gasteiger partial charge is 0.128 e. The number of hydrogen-bond acceptors (Lipinski definition) is 4. The highest BCUT2D eigenvalue weighted by atomic mass is 16.5. The van der Waals surface area contributed by atoms with Crippen LogP contribution in [0.25, 0.3) is 0 Å². The lowest BCUT2D eigenvalue weighted by atomic mass is 9.83. The van der Waals surface area contributed by atoms with Crippen LogP contribution in [-0.4, -0.2) is 54.3 Å². The molecule has 2 unspecified atom stereocenters. The van der Waals surface area contributed by atoms with Crippen molar-refractivity contribution in [1.82, 2.24) is 9.88 Å². The average molecular weight is 231 g/mol. The van der Waals surface area contributed by atoms with Crippen LogP contribution in [0.15, 0.2) is 18.3 Å². The summed E-state index contributed by atoms with van der Waals surface area (Å²) in [4.78, 5) is 9.53. The largest absolute Gasteiger partial charge is 0.378 e. The van der Waals surface area contributed by atoms with E-state index in [-0.39, 0.29) is 0 Å². The lowest BCUT2D eigenvalue weighted by molar-refractivity contribution is -0.132. The predicted molar refractivity (Wildman–Crippen MR) is 65.2 cm³/mol. The molecule has 4 nitrogen and oxygen atoms in total. The Morgan fingerprint density at radius 1 is 1.24 bits per heavy atom. The van der Waals surface area contributed by atoms with Crippen molar-refractivity contribution in [2.75, 3.05) is 31.2 Å². The molecule has 90 valence electrons. The van der Waals surface area contributed by atoms with Crippen LogP contribution < -0.4 is 4.90 Å². The van der Waals surface area contributed by atoms with Crippen molar-refractivity contribution in [3.8, 4) is 0 Å². The summed E-state index contributed by atoms with van der Waals surface area (Å²) >= 11 is 0. The number of fused-ring (bicyclic) bond motifs is 1. The number of pyridine rings is 1. The lowest BCUT2D eigenvalue weighted by Gasteiger charge is -2.65. The quantitative estimate of drug-likeness (QED) is 0.747. The molecule has 3 fully saturated rings. The van der Waals surface area contributed by atoms with Crippen LogP contribution >= 0.6 is 0 Å². The van der Waals surface area contributed by atoms with E-state index in [2.05, 4.69) is 33.8 Å². The van der Waals surface area contributed by atoms with Crippen molar-refractivity contribution in [1.29, 1.82) is 0 Å². The van der Waals surface area contributed by atoms with Gasteiger partial charge in [-0.05, 0) is 18.6 Å². The van der Waals surface area contributed by atoms with Crippen LogP contribution in [0.5, 0.6) is 0 Å². The van der Waals surface area contributed by atoms with Gasteiger partial charge in [0.05, 0.1) is 25.3 Å². The molecule has 3 aliphatic rings. The first-order chi connectivity index (χ1) is 8.33. The standard InChI is InChI=1S/C13H17N3O/c1-9-2-3-13(14-4-9)16-6-11-12(16)5-15(11)10-7-17-8-10/h2-4,10-12H,5-8H2,1H3. The van der Waals surface area contributed by atoms with Gasteiger partial charge in [0.25, 0.3) is 0 Å². The Bertz CT molecular complexity index is 429. The molecular formula is C13H17N3O. The number of aryl methyl sites for hydroxylation is 1. The molecule has 1 aromatic rings. The second-order valence-electron chi connectivity index (χ2n) is 5.37. The van der Waals surface area contributed by atoms with Gasteiger partial charge in [0, 0.05) is 25.3 Å². The normalized spacial score (nSPS) is 32.4. The summed E-state index contributed by atoms with van der Waals surface area (Å²) in [5.74, 6) is 1.14. The second kappa shape index (κ2) is 3.43. The third-order valence-electron chi connectivity index (χ3n) is 4.33. The molecule has 0 spiro atoms. The van der Waals surface area contributed by atoms with Gasteiger partial charge in [-0.1, -0.05) is 6.07 Å². The number of ether oxygens (including phenoxy) is 1. The molecule has 4 rings (SSSR count). The van der Waals surface area contributed by atoms with Crippen molar-refractivity contribution in [2.24, 2.45) is 0 Å². The number of hydrogen-bond donors (Lipinski definition) is 0. The Balaban J connectivity index is 1.42. The maximum absolute atomic E-state index is 5.26. The van der Waals surface area contributed by atoms with E-state index in [0.29, 0.717) is 12.1 Å². The number of anilines is 1. The summed E-state index contributed by atoms with van der Waals surface area (Å²) in [6, 6.07) is 6.44. The molecule has 0 aromatic carbocycles. The molecule has 0 bridgehead atoms. The molecule has 0 saturated carbocycles. The summed E-state index contributed by atoms with van der Waals surface area (Å²) in [7, 11) is 0. The summed E-state index contributed by atoms with van der Waals surface area (Å²) < 4.78 is 5.26. The predicted octanol–water partition coefficient (Wildman–Crippen LogP) is 0.662. The van der Waals surface area contributed by atoms with Gasteiger partial charge in [0.2, 0.25) is 0 Å². The average Bonchev–Trinajstić information content (AvgIpc) is 2.24. The van der Waals surface area contributed by atoms with Gasteiger partial charge in [-0.25, -0.2) is 4.98 Å². The summed E-state index contributed by atoms with van der Waals surface area (Å²) in [6.07, 6.45) is 1.96. The molecule has 0 aliphatic carbocycles. The van der Waals surface area contributed by atoms with Crippen LogP contribution in [0.1, 0.15) is 5.56 Å². The molecule has 3 saturated heterocycles. The first-order valence-corrected chi connectivity index (χ1v) is 6.36. The first-order valence-electron chi connectivity index (χ1n) is 6.36. The van der Waals surface area contributed by atoms with E-state index >= 15 is 0 Å². The Hall–Kier alpha value is -1.13. The van der Waals surface area contributed by atoms with E-state index in [4.69, 9.17) is 4.74 Å². The van der Waals surface area contributed by atoms with Crippen LogP contribution in [-0.2, 0) is 4.74 Å². The maximum Gasteiger partial charge on any atom is 0.128 e. The number of piperazine rings is 1. The van der Waals surface area contributed by atoms with Gasteiger partial charge in [0.15, 0.2) is 0 Å². The number of aromatic nitrogens is 1. The molecule has 1 aromatic heterocycles. The van der Waals surface area contributed by atoms with E-state index in [1.165, 1.54) is 12.1 Å². The van der Waals surface area contributed by atoms with Gasteiger partial charge >= 0.3 is 0 Å². The first kappa shape index (κ1) is 9.85. The number of likely N-dealkylation sites (tertiary alicyclic amines) is 1. The van der Waals surface area contributed by atoms with Gasteiger partial charge in [-0.15, -0.1) is 0 Å². The molecule has 3 aliphatic heterocycles. The fraction of sp³-hybridized carbons (Fsp3) is 0.615. The van der Waals surface area contributed by atoms with Gasteiger partial charge in [0.1, 0.15) is 5.82 Å². The molecule has 2 atom stereocenters. The second-order valence-corrected chi connectivity index (χ2v) is 5.37. The molecule has 0 N–H and O–H groups in total. The number of rotatable bonds is 2. The highest BCUT2D eigenvalue weighted by Gasteiger charge is 2.54. The maximum atomic E-state index is 5.26. The zero-order valence-electron chi connectivity index (χ0n) is 10.0. The van der Waals surface area contributed by atoms with E-state index in [9.17, 15) is 0 Å². The van der Waals surface area contributed by atoms with E-state index in [1.54, 1.807) is 0 Å². The Morgan fingerprint density at radius 3 is 2.65 bits per heavy atom. The third kappa shape index (κ3) is 1.34. The summed E-state index contributed by atoms with van der Waals surface area (Å²) in [5, 5.41) is 0. The van der Waals surface area contributed by atoms with Crippen molar-refractivity contribution in [3.05, 3.63) is 23.9 Å². The molecule has 17 heavy (non-hydrogen) atoms. The van der Waals surface area contributed by atoms with E-state index in [1.807, 2.05) is 6.20 Å². The fourth-order valence-corrected chi connectivity index (χ4v) is 3.02. The van der Waals surface area contributed by atoms with Crippen LogP contribution in [0.2, 0.25) is 0 Å². The highest BCUT2D eigenvalue weighted by Crippen LogP contribution is 2.38. The summed E-state index contributed by atoms with van der Waals surface area (Å²) in [6.45, 7) is 6.28. The number of nitrogens with zero attached hydrogens (tertiary/aromatic N) is 3. The molecule has 0 amide bonds. The van der Waals surface area contributed by atoms with E-state index in [0.717, 1.165) is 31.6 Å². The van der Waals surface area contributed by atoms with Crippen molar-refractivity contribution >= 4 is 5.82 Å². The van der Waals surface area contributed by atoms with Gasteiger partial charge in [-0.3, -0.25) is 4.90 Å². The monoisotopic (exact) mass is 231 g/mol. The van der Waals surface area contributed by atoms with Crippen LogP contribution in [0, 0.1) is 6.92 Å². The van der Waals surface area contributed by atoms with Crippen molar-refractivity contribution in [3.63, 3.8) is 0 Å². The highest BCUT2D eigenvalue weighted by molar-refractivity contribution is 5.48. The van der Waals surface area contributed by atoms with Crippen molar-refractivity contribution in [2.45, 2.75) is 25.0 Å². The molecule has 4 heterocycles. The Labute approximate surface area is 101 Å². The van der Waals surface area contributed by atoms with Gasteiger partial charge < -0.3 is 9.64 Å². The lowest BCUT2D eigenvalue weighted by Crippen LogP contribution is -2.82. The molecule has 0 radical (unpaired) electrons. The fourth-order valence-electron chi connectivity index (χ4n) is 3.02. The Morgan fingerprint density at radius 2 is 2.12 bits per heavy atom. The third-order valence-corrected chi connectivity index (χ3v) is 4.33. The zero-order valence-corrected chi connectivity index (χ0v) is 10.0. The molecule has 4 heteroatoms. The minimum absolute atomic E-state index is 0.698. The summed E-state index contributed by atoms with van der Waals surface area (Å²) in [5.41, 5.74) is 1.23. The topological polar surface area (TPSA) is 28.6 Å². The Kier molecular flexibility index (Phi) is 1.99. The van der Waals surface area contributed by atoms with Crippen LogP contribution in [0.3, 0.4) is 0 Å². The minimum atomic E-state index is 0.698. The SMILES string of the molecule is Cc1ccc(N2CC3C2CN3C2COC2)nc1. The zero-order chi connectivity index (χ0) is 11.4. The van der Waals surface area contributed by atoms with Crippen molar-refractivity contribution < 1.29 is 4.74 Å².